The second kappa shape index (κ2) is 8.42. The van der Waals surface area contributed by atoms with Crippen LogP contribution in [0.2, 0.25) is 0 Å². The van der Waals surface area contributed by atoms with Gasteiger partial charge in [0, 0.05) is 25.9 Å². The highest BCUT2D eigenvalue weighted by Gasteiger charge is 2.15. The van der Waals surface area contributed by atoms with Gasteiger partial charge in [0.1, 0.15) is 0 Å². The number of nitrogens with zero attached hydrogens (tertiary/aromatic N) is 1. The van der Waals surface area contributed by atoms with Crippen LogP contribution in [-0.4, -0.2) is 64.9 Å². The van der Waals surface area contributed by atoms with Gasteiger partial charge in [-0.05, 0) is 24.6 Å². The van der Waals surface area contributed by atoms with E-state index in [4.69, 9.17) is 4.74 Å². The molecule has 0 saturated carbocycles. The van der Waals surface area contributed by atoms with Crippen LogP contribution in [0.25, 0.3) is 0 Å². The molecule has 0 radical (unpaired) electrons. The Bertz CT molecular complexity index is 625. The fourth-order valence-electron chi connectivity index (χ4n) is 2.60. The number of amides is 1. The first kappa shape index (κ1) is 17.9. The van der Waals surface area contributed by atoms with Gasteiger partial charge < -0.3 is 10.1 Å². The first-order chi connectivity index (χ1) is 11.0. The van der Waals surface area contributed by atoms with Gasteiger partial charge in [0.25, 0.3) is 0 Å². The van der Waals surface area contributed by atoms with Crippen molar-refractivity contribution in [3.05, 3.63) is 29.8 Å². The maximum absolute atomic E-state index is 12.0. The van der Waals surface area contributed by atoms with E-state index in [0.717, 1.165) is 45.5 Å². The highest BCUT2D eigenvalue weighted by atomic mass is 32.2. The molecule has 1 fully saturated rings. The van der Waals surface area contributed by atoms with Crippen molar-refractivity contribution >= 4 is 15.7 Å². The van der Waals surface area contributed by atoms with Crippen molar-refractivity contribution in [2.75, 3.05) is 45.6 Å². The summed E-state index contributed by atoms with van der Waals surface area (Å²) in [5, 5.41) is 2.86. The third-order valence-electron chi connectivity index (χ3n) is 3.80. The standard InChI is InChI=1S/C16H24N2O4S/c1-23(20,21)15-6-3-2-5-14(15)13-16(19)17-7-4-8-18-9-11-22-12-10-18/h2-3,5-6H,4,7-13H2,1H3,(H,17,19). The first-order valence-corrected chi connectivity index (χ1v) is 9.71. The number of carbonyl (C=O) groups is 1. The van der Waals surface area contributed by atoms with Crippen LogP contribution in [-0.2, 0) is 25.8 Å². The Hall–Kier alpha value is -1.44. The molecule has 0 unspecified atom stereocenters. The van der Waals surface area contributed by atoms with Gasteiger partial charge >= 0.3 is 0 Å². The third-order valence-corrected chi connectivity index (χ3v) is 5.00. The Morgan fingerprint density at radius 2 is 1.96 bits per heavy atom. The third kappa shape index (κ3) is 5.93. The molecule has 0 atom stereocenters. The van der Waals surface area contributed by atoms with E-state index in [2.05, 4.69) is 10.2 Å². The van der Waals surface area contributed by atoms with Crippen LogP contribution < -0.4 is 5.32 Å². The van der Waals surface area contributed by atoms with Crippen molar-refractivity contribution in [1.29, 1.82) is 0 Å². The number of morpholine rings is 1. The van der Waals surface area contributed by atoms with Crippen molar-refractivity contribution in [3.8, 4) is 0 Å². The lowest BCUT2D eigenvalue weighted by molar-refractivity contribution is -0.120. The summed E-state index contributed by atoms with van der Waals surface area (Å²) in [6.07, 6.45) is 2.12. The second-order valence-corrected chi connectivity index (χ2v) is 7.70. The summed E-state index contributed by atoms with van der Waals surface area (Å²) in [4.78, 5) is 14.5. The van der Waals surface area contributed by atoms with Gasteiger partial charge in [0.15, 0.2) is 9.84 Å². The summed E-state index contributed by atoms with van der Waals surface area (Å²) in [6.45, 7) is 4.95. The number of benzene rings is 1. The largest absolute Gasteiger partial charge is 0.379 e. The molecule has 23 heavy (non-hydrogen) atoms. The predicted octanol–water partition coefficient (Wildman–Crippen LogP) is 0.471. The number of hydrogen-bond donors (Lipinski definition) is 1. The lowest BCUT2D eigenvalue weighted by atomic mass is 10.1. The fraction of sp³-hybridized carbons (Fsp3) is 0.562. The van der Waals surface area contributed by atoms with Gasteiger partial charge in [0.2, 0.25) is 5.91 Å². The zero-order valence-corrected chi connectivity index (χ0v) is 14.3. The molecule has 7 heteroatoms. The fourth-order valence-corrected chi connectivity index (χ4v) is 3.54. The Morgan fingerprint density at radius 3 is 2.65 bits per heavy atom. The summed E-state index contributed by atoms with van der Waals surface area (Å²) in [5.74, 6) is -0.150. The average molecular weight is 340 g/mol. The molecular formula is C16H24N2O4S. The van der Waals surface area contributed by atoms with Gasteiger partial charge in [0.05, 0.1) is 24.5 Å². The minimum Gasteiger partial charge on any atom is -0.379 e. The molecule has 1 aromatic carbocycles. The molecule has 1 amide bonds. The summed E-state index contributed by atoms with van der Waals surface area (Å²) in [7, 11) is -3.32. The summed E-state index contributed by atoms with van der Waals surface area (Å²) < 4.78 is 28.7. The zero-order chi connectivity index (χ0) is 16.7. The molecule has 1 N–H and O–H groups in total. The Labute approximate surface area is 137 Å². The number of rotatable bonds is 7. The van der Waals surface area contributed by atoms with Crippen LogP contribution in [0.3, 0.4) is 0 Å². The van der Waals surface area contributed by atoms with E-state index in [9.17, 15) is 13.2 Å². The molecule has 6 nitrogen and oxygen atoms in total. The maximum atomic E-state index is 12.0. The van der Waals surface area contributed by atoms with E-state index < -0.39 is 9.84 Å². The molecule has 1 heterocycles. The lowest BCUT2D eigenvalue weighted by Gasteiger charge is -2.26. The van der Waals surface area contributed by atoms with Crippen molar-refractivity contribution in [2.24, 2.45) is 0 Å². The smallest absolute Gasteiger partial charge is 0.224 e. The summed E-state index contributed by atoms with van der Waals surface area (Å²) in [6, 6.07) is 6.63. The normalized spacial score (nSPS) is 16.2. The van der Waals surface area contributed by atoms with Crippen LogP contribution in [0, 0.1) is 0 Å². The van der Waals surface area contributed by atoms with Crippen LogP contribution in [0.15, 0.2) is 29.2 Å². The van der Waals surface area contributed by atoms with E-state index in [0.29, 0.717) is 12.1 Å². The number of nitrogens with one attached hydrogen (secondary N) is 1. The highest BCUT2D eigenvalue weighted by Crippen LogP contribution is 2.15. The molecule has 0 aromatic heterocycles. The Kier molecular flexibility index (Phi) is 6.56. The van der Waals surface area contributed by atoms with E-state index >= 15 is 0 Å². The second-order valence-electron chi connectivity index (χ2n) is 5.71. The molecule has 0 spiro atoms. The molecule has 1 aliphatic heterocycles. The van der Waals surface area contributed by atoms with Crippen LogP contribution in [0.5, 0.6) is 0 Å². The monoisotopic (exact) mass is 340 g/mol. The summed E-state index contributed by atoms with van der Waals surface area (Å²) in [5.41, 5.74) is 0.542. The molecule has 128 valence electrons. The predicted molar refractivity (Wildman–Crippen MR) is 88.1 cm³/mol. The SMILES string of the molecule is CS(=O)(=O)c1ccccc1CC(=O)NCCCN1CCOCC1. The topological polar surface area (TPSA) is 75.7 Å². The molecule has 0 aliphatic carbocycles. The van der Waals surface area contributed by atoms with Crippen molar-refractivity contribution in [2.45, 2.75) is 17.7 Å². The van der Waals surface area contributed by atoms with E-state index in [-0.39, 0.29) is 17.2 Å². The van der Waals surface area contributed by atoms with Crippen LogP contribution in [0.1, 0.15) is 12.0 Å². The number of hydrogen-bond acceptors (Lipinski definition) is 5. The minimum absolute atomic E-state index is 0.0841. The quantitative estimate of drug-likeness (QED) is 0.731. The maximum Gasteiger partial charge on any atom is 0.224 e. The van der Waals surface area contributed by atoms with Crippen molar-refractivity contribution < 1.29 is 17.9 Å². The highest BCUT2D eigenvalue weighted by molar-refractivity contribution is 7.90. The number of carbonyl (C=O) groups excluding carboxylic acids is 1. The summed E-state index contributed by atoms with van der Waals surface area (Å²) >= 11 is 0. The molecule has 0 bridgehead atoms. The molecule has 1 saturated heterocycles. The number of sulfone groups is 1. The van der Waals surface area contributed by atoms with Crippen LogP contribution >= 0.6 is 0 Å². The van der Waals surface area contributed by atoms with Gasteiger partial charge in [-0.1, -0.05) is 18.2 Å². The first-order valence-electron chi connectivity index (χ1n) is 7.81. The van der Waals surface area contributed by atoms with Gasteiger partial charge in [-0.15, -0.1) is 0 Å². The molecule has 1 aromatic rings. The zero-order valence-electron chi connectivity index (χ0n) is 13.5. The van der Waals surface area contributed by atoms with Gasteiger partial charge in [-0.3, -0.25) is 9.69 Å². The van der Waals surface area contributed by atoms with Crippen molar-refractivity contribution in [3.63, 3.8) is 0 Å². The van der Waals surface area contributed by atoms with Gasteiger partial charge in [-0.2, -0.15) is 0 Å². The van der Waals surface area contributed by atoms with E-state index in [1.807, 2.05) is 0 Å². The molecule has 2 rings (SSSR count). The van der Waals surface area contributed by atoms with Crippen molar-refractivity contribution in [1.82, 2.24) is 10.2 Å². The van der Waals surface area contributed by atoms with E-state index in [1.54, 1.807) is 18.2 Å². The van der Waals surface area contributed by atoms with E-state index in [1.165, 1.54) is 6.07 Å². The lowest BCUT2D eigenvalue weighted by Crippen LogP contribution is -2.38. The number of ether oxygens (including phenoxy) is 1. The molecular weight excluding hydrogens is 316 g/mol. The molecule has 1 aliphatic rings. The average Bonchev–Trinajstić information content (AvgIpc) is 2.52. The minimum atomic E-state index is -3.32. The van der Waals surface area contributed by atoms with Crippen LogP contribution in [0.4, 0.5) is 0 Å². The van der Waals surface area contributed by atoms with Gasteiger partial charge in [-0.25, -0.2) is 8.42 Å². The Morgan fingerprint density at radius 1 is 1.26 bits per heavy atom. The Balaban J connectivity index is 1.77.